The molecule has 0 spiro atoms. The zero-order valence-corrected chi connectivity index (χ0v) is 8.12. The number of rotatable bonds is 6. The van der Waals surface area contributed by atoms with Crippen molar-refractivity contribution in [1.29, 1.82) is 0 Å². The minimum absolute atomic E-state index is 0.0409. The average Bonchev–Trinajstić information content (AvgIpc) is 1.81. The Kier molecular flexibility index (Phi) is 4.89. The van der Waals surface area contributed by atoms with E-state index in [0.29, 0.717) is 0 Å². The summed E-state index contributed by atoms with van der Waals surface area (Å²) < 4.78 is 24.3. The van der Waals surface area contributed by atoms with Gasteiger partial charge in [-0.25, -0.2) is 12.6 Å². The van der Waals surface area contributed by atoms with Gasteiger partial charge >= 0.3 is 0 Å². The van der Waals surface area contributed by atoms with E-state index in [0.717, 1.165) is 0 Å². The summed E-state index contributed by atoms with van der Waals surface area (Å²) in [6, 6.07) is 0. The quantitative estimate of drug-likeness (QED) is 0.381. The monoisotopic (exact) mass is 211 g/mol. The zero-order chi connectivity index (χ0) is 10.5. The van der Waals surface area contributed by atoms with Gasteiger partial charge < -0.3 is 10.8 Å². The lowest BCUT2D eigenvalue weighted by Gasteiger charge is -2.18. The molecular formula is C6H13NO5S. The number of carbonyl (C=O) groups is 1. The van der Waals surface area contributed by atoms with Crippen LogP contribution >= 0.6 is 0 Å². The topological polar surface area (TPSA) is 107 Å². The van der Waals surface area contributed by atoms with E-state index in [1.54, 1.807) is 0 Å². The summed E-state index contributed by atoms with van der Waals surface area (Å²) in [4.78, 5) is 10.3. The van der Waals surface area contributed by atoms with Gasteiger partial charge in [0.1, 0.15) is 0 Å². The second-order valence-corrected chi connectivity index (χ2v) is 3.44. The molecule has 0 aromatic heterocycles. The molecule has 0 bridgehead atoms. The van der Waals surface area contributed by atoms with Crippen molar-refractivity contribution < 1.29 is 22.5 Å². The molecule has 0 radical (unpaired) electrons. The molecule has 13 heavy (non-hydrogen) atoms. The van der Waals surface area contributed by atoms with Crippen LogP contribution in [-0.4, -0.2) is 25.2 Å². The molecule has 0 fully saturated rings. The third-order valence-electron chi connectivity index (χ3n) is 1.34. The van der Waals surface area contributed by atoms with Crippen molar-refractivity contribution >= 4 is 16.9 Å². The smallest absolute Gasteiger partial charge is 0.259 e. The molecule has 1 atom stereocenters. The Morgan fingerprint density at radius 3 is 2.54 bits per heavy atom. The van der Waals surface area contributed by atoms with Crippen LogP contribution < -0.4 is 5.73 Å². The molecule has 0 saturated heterocycles. The number of nitrogens with two attached hydrogens (primary N) is 1. The molecule has 0 rings (SSSR count). The molecule has 7 heteroatoms. The van der Waals surface area contributed by atoms with Crippen LogP contribution in [0.3, 0.4) is 0 Å². The van der Waals surface area contributed by atoms with E-state index < -0.39 is 22.7 Å². The van der Waals surface area contributed by atoms with Crippen LogP contribution in [0.2, 0.25) is 0 Å². The normalized spacial score (nSPS) is 15.6. The van der Waals surface area contributed by atoms with Crippen molar-refractivity contribution in [3.63, 3.8) is 0 Å². The van der Waals surface area contributed by atoms with Crippen molar-refractivity contribution in [3.05, 3.63) is 0 Å². The summed E-state index contributed by atoms with van der Waals surface area (Å²) in [5.41, 5.74) is 4.84. The summed E-state index contributed by atoms with van der Waals surface area (Å²) in [5, 5.41) is 9.24. The number of amides is 1. The highest BCUT2D eigenvalue weighted by Crippen LogP contribution is 2.14. The molecule has 78 valence electrons. The molecule has 0 saturated carbocycles. The fraction of sp³-hybridized carbons (Fsp3) is 0.833. The molecule has 6 nitrogen and oxygen atoms in total. The van der Waals surface area contributed by atoms with Crippen LogP contribution in [0, 0.1) is 0 Å². The first-order valence-corrected chi connectivity index (χ1v) is 4.77. The van der Waals surface area contributed by atoms with E-state index in [1.807, 2.05) is 0 Å². The van der Waals surface area contributed by atoms with Gasteiger partial charge in [0.05, 0.1) is 0 Å². The SMILES string of the molecule is CC(O)(CCCC(N)=O)O[SH](=O)=O. The summed E-state index contributed by atoms with van der Waals surface area (Å²) in [6.07, 6.45) is 0.417. The molecule has 1 unspecified atom stereocenters. The standard InChI is InChI=1S/C6H13NO5S/c1-6(9,12-13(10)11)4-2-3-5(7)8/h9,13H,2-4H2,1H3,(H2,7,8). The molecule has 0 heterocycles. The third kappa shape index (κ3) is 7.69. The van der Waals surface area contributed by atoms with Crippen molar-refractivity contribution in [2.75, 3.05) is 0 Å². The molecule has 0 aliphatic heterocycles. The number of primary amides is 1. The predicted molar refractivity (Wildman–Crippen MR) is 45.1 cm³/mol. The third-order valence-corrected chi connectivity index (χ3v) is 1.88. The van der Waals surface area contributed by atoms with Gasteiger partial charge in [-0.3, -0.25) is 4.79 Å². The molecule has 0 aromatic carbocycles. The van der Waals surface area contributed by atoms with Crippen LogP contribution in [0.25, 0.3) is 0 Å². The van der Waals surface area contributed by atoms with E-state index >= 15 is 0 Å². The van der Waals surface area contributed by atoms with Gasteiger partial charge in [-0.1, -0.05) is 0 Å². The summed E-state index contributed by atoms with van der Waals surface area (Å²) in [5.74, 6) is -2.24. The Bertz CT molecular complexity index is 239. The Morgan fingerprint density at radius 2 is 2.15 bits per heavy atom. The zero-order valence-electron chi connectivity index (χ0n) is 7.23. The number of hydrogen-bond donors (Lipinski definition) is 3. The first-order chi connectivity index (χ1) is 5.83. The van der Waals surface area contributed by atoms with Crippen LogP contribution in [0.4, 0.5) is 0 Å². The van der Waals surface area contributed by atoms with Crippen molar-refractivity contribution in [3.8, 4) is 0 Å². The van der Waals surface area contributed by atoms with Gasteiger partial charge in [0.15, 0.2) is 5.79 Å². The maximum Gasteiger partial charge on any atom is 0.259 e. The largest absolute Gasteiger partial charge is 0.370 e. The molecule has 0 aliphatic rings. The molecule has 0 aromatic rings. The van der Waals surface area contributed by atoms with Gasteiger partial charge in [-0.2, -0.15) is 0 Å². The van der Waals surface area contributed by atoms with Crippen molar-refractivity contribution in [2.45, 2.75) is 32.0 Å². The van der Waals surface area contributed by atoms with E-state index in [2.05, 4.69) is 4.18 Å². The van der Waals surface area contributed by atoms with E-state index in [9.17, 15) is 18.3 Å². The number of thiol groups is 1. The summed E-state index contributed by atoms with van der Waals surface area (Å²) in [6.45, 7) is 1.21. The average molecular weight is 211 g/mol. The highest BCUT2D eigenvalue weighted by atomic mass is 32.2. The first-order valence-electron chi connectivity index (χ1n) is 3.68. The van der Waals surface area contributed by atoms with Crippen LogP contribution in [0.1, 0.15) is 26.2 Å². The summed E-state index contributed by atoms with van der Waals surface area (Å²) >= 11 is 0. The fourth-order valence-electron chi connectivity index (χ4n) is 0.797. The van der Waals surface area contributed by atoms with Crippen LogP contribution in [0.5, 0.6) is 0 Å². The minimum atomic E-state index is -3.09. The number of carbonyl (C=O) groups excluding carboxylic acids is 1. The Morgan fingerprint density at radius 1 is 1.62 bits per heavy atom. The van der Waals surface area contributed by atoms with Crippen molar-refractivity contribution in [2.24, 2.45) is 5.73 Å². The lowest BCUT2D eigenvalue weighted by atomic mass is 10.1. The highest BCUT2D eigenvalue weighted by molar-refractivity contribution is 7.67. The van der Waals surface area contributed by atoms with Gasteiger partial charge in [0, 0.05) is 12.8 Å². The minimum Gasteiger partial charge on any atom is -0.370 e. The number of hydrogen-bond acceptors (Lipinski definition) is 5. The first kappa shape index (κ1) is 12.3. The van der Waals surface area contributed by atoms with E-state index in [-0.39, 0.29) is 19.3 Å². The van der Waals surface area contributed by atoms with Gasteiger partial charge in [0.25, 0.3) is 11.0 Å². The van der Waals surface area contributed by atoms with Crippen LogP contribution in [-0.2, 0) is 20.0 Å². The second kappa shape index (κ2) is 5.15. The van der Waals surface area contributed by atoms with E-state index in [1.165, 1.54) is 6.92 Å². The molecule has 1 amide bonds. The number of aliphatic hydroxyl groups is 1. The van der Waals surface area contributed by atoms with E-state index in [4.69, 9.17) is 5.73 Å². The Balaban J connectivity index is 3.81. The predicted octanol–water partition coefficient (Wildman–Crippen LogP) is -1.11. The van der Waals surface area contributed by atoms with Gasteiger partial charge in [0.2, 0.25) is 5.91 Å². The maximum atomic E-state index is 10.3. The lowest BCUT2D eigenvalue weighted by Crippen LogP contribution is -2.28. The summed E-state index contributed by atoms with van der Waals surface area (Å²) in [7, 11) is -3.09. The van der Waals surface area contributed by atoms with Gasteiger partial charge in [-0.15, -0.1) is 0 Å². The highest BCUT2D eigenvalue weighted by Gasteiger charge is 2.22. The molecular weight excluding hydrogens is 198 g/mol. The Hall–Kier alpha value is -0.660. The van der Waals surface area contributed by atoms with Crippen LogP contribution in [0.15, 0.2) is 0 Å². The Labute approximate surface area is 77.8 Å². The van der Waals surface area contributed by atoms with Gasteiger partial charge in [-0.05, 0) is 13.3 Å². The second-order valence-electron chi connectivity index (χ2n) is 2.81. The van der Waals surface area contributed by atoms with Crippen molar-refractivity contribution in [1.82, 2.24) is 0 Å². The maximum absolute atomic E-state index is 10.3. The lowest BCUT2D eigenvalue weighted by molar-refractivity contribution is -0.125. The molecule has 3 N–H and O–H groups in total. The fourth-order valence-corrected chi connectivity index (χ4v) is 1.21. The molecule has 0 aliphatic carbocycles.